The molecule has 0 saturated carbocycles. The van der Waals surface area contributed by atoms with Gasteiger partial charge in [-0.05, 0) is 90.5 Å². The molecule has 30 nitrogen and oxygen atoms in total. The van der Waals surface area contributed by atoms with Crippen LogP contribution in [0.15, 0.2) is 124 Å². The normalized spacial score (nSPS) is 13.9. The molecule has 1 atom stereocenters. The van der Waals surface area contributed by atoms with Crippen LogP contribution >= 0.6 is 11.6 Å². The van der Waals surface area contributed by atoms with Crippen LogP contribution in [0.2, 0.25) is 5.28 Å². The average molecular weight is 1190 g/mol. The Kier molecular flexibility index (Phi) is 26.7. The summed E-state index contributed by atoms with van der Waals surface area (Å²) in [6.07, 6.45) is 0. The zero-order chi connectivity index (χ0) is 50.9. The van der Waals surface area contributed by atoms with Gasteiger partial charge in [0.2, 0.25) is 23.2 Å². The van der Waals surface area contributed by atoms with Crippen LogP contribution in [0.5, 0.6) is 0 Å². The number of halogens is 1. The van der Waals surface area contributed by atoms with E-state index in [0.29, 0.717) is 5.01 Å². The van der Waals surface area contributed by atoms with Crippen molar-refractivity contribution in [1.29, 1.82) is 0 Å². The van der Waals surface area contributed by atoms with Crippen molar-refractivity contribution in [3.63, 3.8) is 0 Å². The zero-order valence-electron chi connectivity index (χ0n) is 38.6. The van der Waals surface area contributed by atoms with E-state index in [1.54, 1.807) is 0 Å². The number of hydrogen-bond donors (Lipinski definition) is 8. The third-order valence-electron chi connectivity index (χ3n) is 8.60. The largest absolute Gasteiger partial charge is 0.477 e. The molecule has 369 valence electrons. The number of aromatic nitrogens is 3. The molecule has 0 aliphatic carbocycles. The van der Waals surface area contributed by atoms with Gasteiger partial charge in [-0.3, -0.25) is 23.0 Å². The predicted octanol–water partition coefficient (Wildman–Crippen LogP) is 1.38. The fourth-order valence-corrected chi connectivity index (χ4v) is 8.94. The number of anilines is 6. The van der Waals surface area contributed by atoms with Crippen LogP contribution in [-0.4, -0.2) is 264 Å². The van der Waals surface area contributed by atoms with E-state index in [-0.39, 0.29) is 181 Å². The first-order valence-electron chi connectivity index (χ1n) is 18.0. The minimum atomic E-state index is -5.10. The van der Waals surface area contributed by atoms with Crippen LogP contribution in [-0.2, 0) is 64.4 Å². The second kappa shape index (κ2) is 28.2. The number of rotatable bonds is 18. The molecule has 0 saturated heterocycles. The summed E-state index contributed by atoms with van der Waals surface area (Å²) in [6, 6.07) is 10.9. The van der Waals surface area contributed by atoms with Gasteiger partial charge in [0.1, 0.15) is 21.2 Å². The van der Waals surface area contributed by atoms with Gasteiger partial charge in [0.15, 0.2) is 15.5 Å². The van der Waals surface area contributed by atoms with Gasteiger partial charge < -0.3 is 21.5 Å². The monoisotopic (exact) mass is 1190 g/mol. The van der Waals surface area contributed by atoms with E-state index < -0.39 is 130 Å². The molecule has 1 unspecified atom stereocenters. The maximum Gasteiger partial charge on any atom is 0.397 e. The van der Waals surface area contributed by atoms with Crippen molar-refractivity contribution in [3.8, 4) is 0 Å². The molecule has 0 fully saturated rings. The average Bonchev–Trinajstić information content (AvgIpc) is 3.56. The fourth-order valence-electron chi connectivity index (χ4n) is 5.56. The summed E-state index contributed by atoms with van der Waals surface area (Å²) in [6.45, 7) is -0.870. The molecule has 74 heavy (non-hydrogen) atoms. The number of nitrogens with zero attached hydrogens (tertiary/aromatic N) is 9. The second-order valence-electron chi connectivity index (χ2n) is 13.3. The minimum Gasteiger partial charge on any atom is -0.477 e. The molecule has 1 aliphatic heterocycles. The standard InChI is InChI=1S/C33H27ClN12O18S5.5Na/c34-31-38-32(36-17-3-10-25(67(55,56)57)24(13-17)43-44-27-28(30(48)49)45-46(29(27)47)18-4-8-20(9-5-18)66(52,53)54)40-33(39-31)37-23-14-21(35)22(15-26(23)68(58,59)60)42-41-16-1-6-19(7-2-16)65(50,51)12-11-64-69(61,62)63;;;;;/h1-10,13-15,27H,11-12,35H2,(H,48,49)(H,52,53,54)(H,55,56,57)(H,58,59,60)(H,61,62,63)(H2,36,37,38,39,40);;;;;. The number of hydrogen-bond acceptors (Lipinski definition) is 24. The molecule has 1 amide bonds. The van der Waals surface area contributed by atoms with Crippen molar-refractivity contribution in [2.75, 3.05) is 33.7 Å². The third kappa shape index (κ3) is 18.8. The number of hydrazone groups is 1. The van der Waals surface area contributed by atoms with E-state index in [9.17, 15) is 70.4 Å². The maximum atomic E-state index is 13.3. The van der Waals surface area contributed by atoms with Crippen molar-refractivity contribution in [2.45, 2.75) is 25.6 Å². The molecular formula is C33H27ClN12Na5O18S5. The molecule has 5 aromatic rings. The number of amides is 1. The number of carbonyl (C=O) groups excluding carboxylic acids is 1. The second-order valence-corrected chi connectivity index (χ2v) is 21.1. The van der Waals surface area contributed by atoms with E-state index >= 15 is 0 Å². The minimum absolute atomic E-state index is 0. The van der Waals surface area contributed by atoms with Crippen molar-refractivity contribution in [3.05, 3.63) is 84.1 Å². The van der Waals surface area contributed by atoms with Crippen molar-refractivity contribution >= 4 is 279 Å². The van der Waals surface area contributed by atoms with Gasteiger partial charge in [-0.25, -0.2) is 17.4 Å². The predicted molar refractivity (Wildman–Crippen MR) is 264 cm³/mol. The van der Waals surface area contributed by atoms with Gasteiger partial charge in [-0.2, -0.15) is 74.1 Å². The Morgan fingerprint density at radius 3 is 1.80 bits per heavy atom. The molecule has 5 radical (unpaired) electrons. The molecule has 2 heterocycles. The number of nitrogens with one attached hydrogen (secondary N) is 2. The van der Waals surface area contributed by atoms with Gasteiger partial charge in [0, 0.05) is 153 Å². The van der Waals surface area contributed by atoms with Crippen LogP contribution in [0.25, 0.3) is 0 Å². The Morgan fingerprint density at radius 2 is 1.26 bits per heavy atom. The first kappa shape index (κ1) is 70.0. The first-order chi connectivity index (χ1) is 32.0. The summed E-state index contributed by atoms with van der Waals surface area (Å²) < 4.78 is 161. The topological polar surface area (TPSA) is 469 Å². The molecule has 1 aliphatic rings. The smallest absolute Gasteiger partial charge is 0.397 e. The van der Waals surface area contributed by atoms with E-state index in [1.807, 2.05) is 0 Å². The number of azo groups is 2. The maximum absolute atomic E-state index is 13.3. The Balaban J connectivity index is 0.00000548. The summed E-state index contributed by atoms with van der Waals surface area (Å²) in [5.41, 5.74) is 3.21. The van der Waals surface area contributed by atoms with Gasteiger partial charge >= 0.3 is 16.4 Å². The van der Waals surface area contributed by atoms with Crippen LogP contribution in [0.1, 0.15) is 0 Å². The Hall–Kier alpha value is -2.06. The van der Waals surface area contributed by atoms with Crippen molar-refractivity contribution < 1.29 is 79.2 Å². The molecule has 9 N–H and O–H groups in total. The molecule has 41 heteroatoms. The molecule has 0 bridgehead atoms. The van der Waals surface area contributed by atoms with Crippen molar-refractivity contribution in [1.82, 2.24) is 15.0 Å². The summed E-state index contributed by atoms with van der Waals surface area (Å²) in [5, 5.41) is 33.7. The van der Waals surface area contributed by atoms with Crippen LogP contribution in [0, 0.1) is 0 Å². The fraction of sp³-hybridized carbons (Fsp3) is 0.0909. The van der Waals surface area contributed by atoms with Gasteiger partial charge in [0.25, 0.3) is 36.3 Å². The third-order valence-corrected chi connectivity index (χ3v) is 13.6. The molecular weight excluding hydrogens is 1160 g/mol. The van der Waals surface area contributed by atoms with E-state index in [1.165, 1.54) is 12.1 Å². The van der Waals surface area contributed by atoms with E-state index in [2.05, 4.69) is 55.3 Å². The number of sulfone groups is 1. The molecule has 1 aromatic heterocycles. The number of carboxylic acid groups (broad SMARTS) is 1. The summed E-state index contributed by atoms with van der Waals surface area (Å²) >= 11 is 6.11. The molecule has 0 spiro atoms. The quantitative estimate of drug-likeness (QED) is 0.0266. The van der Waals surface area contributed by atoms with E-state index in [4.69, 9.17) is 21.9 Å². The van der Waals surface area contributed by atoms with Gasteiger partial charge in [-0.1, -0.05) is 0 Å². The molecule has 4 aromatic carbocycles. The van der Waals surface area contributed by atoms with Crippen LogP contribution in [0.3, 0.4) is 0 Å². The summed E-state index contributed by atoms with van der Waals surface area (Å²) in [7, 11) is -23.8. The summed E-state index contributed by atoms with van der Waals surface area (Å²) in [5.74, 6) is -4.65. The van der Waals surface area contributed by atoms with Gasteiger partial charge in [0.05, 0.1) is 44.9 Å². The van der Waals surface area contributed by atoms with E-state index in [0.717, 1.165) is 66.7 Å². The van der Waals surface area contributed by atoms with Crippen LogP contribution < -0.4 is 21.4 Å². The number of nitrogen functional groups attached to an aromatic ring is 1. The first-order valence-corrected chi connectivity index (χ1v) is 25.7. The summed E-state index contributed by atoms with van der Waals surface area (Å²) in [4.78, 5) is 34.5. The number of carbonyl (C=O) groups is 2. The van der Waals surface area contributed by atoms with Gasteiger partial charge in [-0.15, -0.1) is 5.11 Å². The van der Waals surface area contributed by atoms with Crippen LogP contribution in [0.4, 0.5) is 51.7 Å². The number of aliphatic carboxylic acids is 1. The number of carboxylic acids is 1. The Bertz CT molecular complexity index is 3610. The number of nitrogens with two attached hydrogens (primary N) is 1. The Labute approximate surface area is 534 Å². The number of benzene rings is 4. The Morgan fingerprint density at radius 1 is 0.689 bits per heavy atom. The van der Waals surface area contributed by atoms with Crippen molar-refractivity contribution in [2.24, 2.45) is 25.6 Å². The molecule has 6 rings (SSSR count). The SMILES string of the molecule is Nc1cc(Nc2nc(Cl)nc(Nc3ccc(S(=O)(=O)O)c(N=NC4C(=O)N(c5ccc(S(=O)(=O)O)cc5)N=C4C(=O)O)c3)n2)c(S(=O)(=O)O)cc1N=Nc1ccc(S(=O)(=O)CCOS(=O)(=O)O)cc1.[Na].[Na].[Na].[Na].[Na]. The zero-order valence-corrected chi connectivity index (χ0v) is 53.4.